The van der Waals surface area contributed by atoms with E-state index in [1.165, 1.54) is 4.31 Å². The molecular formula is C17H19N3O2S. The van der Waals surface area contributed by atoms with Gasteiger partial charge in [-0.3, -0.25) is 4.31 Å². The highest BCUT2D eigenvalue weighted by Crippen LogP contribution is 2.27. The van der Waals surface area contributed by atoms with Gasteiger partial charge in [0.05, 0.1) is 21.6 Å². The van der Waals surface area contributed by atoms with Gasteiger partial charge in [0.2, 0.25) is 0 Å². The highest BCUT2D eigenvalue weighted by atomic mass is 32.2. The van der Waals surface area contributed by atoms with Crippen LogP contribution in [0.3, 0.4) is 0 Å². The number of anilines is 1. The van der Waals surface area contributed by atoms with Crippen molar-refractivity contribution in [2.75, 3.05) is 11.4 Å². The SMILES string of the molecule is Cc1ccc(C)c(S(=O)(=O)N(C)c2ccc3nc(C)[nH]c3c2)c1. The summed E-state index contributed by atoms with van der Waals surface area (Å²) in [7, 11) is -2.04. The normalized spacial score (nSPS) is 11.8. The molecule has 0 aliphatic carbocycles. The van der Waals surface area contributed by atoms with Crippen LogP contribution in [0.25, 0.3) is 11.0 Å². The second kappa shape index (κ2) is 5.38. The maximum Gasteiger partial charge on any atom is 0.264 e. The number of benzene rings is 2. The van der Waals surface area contributed by atoms with E-state index in [1.807, 2.05) is 39.0 Å². The summed E-state index contributed by atoms with van der Waals surface area (Å²) in [5.74, 6) is 0.803. The lowest BCUT2D eigenvalue weighted by atomic mass is 10.2. The minimum Gasteiger partial charge on any atom is -0.342 e. The molecule has 3 rings (SSSR count). The van der Waals surface area contributed by atoms with Gasteiger partial charge in [-0.25, -0.2) is 13.4 Å². The number of aryl methyl sites for hydroxylation is 3. The summed E-state index contributed by atoms with van der Waals surface area (Å²) in [5.41, 5.74) is 3.90. The number of rotatable bonds is 3. The van der Waals surface area contributed by atoms with Gasteiger partial charge in [0.1, 0.15) is 5.82 Å². The van der Waals surface area contributed by atoms with E-state index in [-0.39, 0.29) is 0 Å². The van der Waals surface area contributed by atoms with Crippen LogP contribution in [-0.4, -0.2) is 25.4 Å². The monoisotopic (exact) mass is 329 g/mol. The number of nitrogens with one attached hydrogen (secondary N) is 1. The molecule has 6 heteroatoms. The van der Waals surface area contributed by atoms with E-state index in [4.69, 9.17) is 0 Å². The molecule has 0 spiro atoms. The lowest BCUT2D eigenvalue weighted by Crippen LogP contribution is -2.27. The van der Waals surface area contributed by atoms with Crippen molar-refractivity contribution >= 4 is 26.7 Å². The van der Waals surface area contributed by atoms with Crippen molar-refractivity contribution < 1.29 is 8.42 Å². The molecule has 0 aliphatic heterocycles. The lowest BCUT2D eigenvalue weighted by Gasteiger charge is -2.21. The maximum atomic E-state index is 12.9. The average Bonchev–Trinajstić information content (AvgIpc) is 2.87. The van der Waals surface area contributed by atoms with E-state index >= 15 is 0 Å². The minimum absolute atomic E-state index is 0.334. The summed E-state index contributed by atoms with van der Waals surface area (Å²) < 4.78 is 27.2. The molecule has 23 heavy (non-hydrogen) atoms. The topological polar surface area (TPSA) is 66.1 Å². The van der Waals surface area contributed by atoms with Crippen LogP contribution < -0.4 is 4.31 Å². The van der Waals surface area contributed by atoms with Crippen LogP contribution in [0.2, 0.25) is 0 Å². The van der Waals surface area contributed by atoms with Gasteiger partial charge in [0.15, 0.2) is 0 Å². The number of nitrogens with zero attached hydrogens (tertiary/aromatic N) is 2. The van der Waals surface area contributed by atoms with E-state index in [1.54, 1.807) is 25.2 Å². The number of fused-ring (bicyclic) bond motifs is 1. The third-order valence-electron chi connectivity index (χ3n) is 3.93. The van der Waals surface area contributed by atoms with Crippen molar-refractivity contribution in [2.45, 2.75) is 25.7 Å². The quantitative estimate of drug-likeness (QED) is 0.801. The minimum atomic E-state index is -3.61. The molecule has 2 aromatic carbocycles. The molecule has 0 unspecified atom stereocenters. The first-order chi connectivity index (χ1) is 10.8. The predicted octanol–water partition coefficient (Wildman–Crippen LogP) is 3.31. The van der Waals surface area contributed by atoms with Crippen molar-refractivity contribution in [3.05, 3.63) is 53.3 Å². The fraction of sp³-hybridized carbons (Fsp3) is 0.235. The predicted molar refractivity (Wildman–Crippen MR) is 92.3 cm³/mol. The number of aromatic nitrogens is 2. The Morgan fingerprint density at radius 1 is 1.04 bits per heavy atom. The highest BCUT2D eigenvalue weighted by Gasteiger charge is 2.23. The van der Waals surface area contributed by atoms with Crippen molar-refractivity contribution in [3.8, 4) is 0 Å². The van der Waals surface area contributed by atoms with Crippen LogP contribution in [0.15, 0.2) is 41.3 Å². The third kappa shape index (κ3) is 2.70. The van der Waals surface area contributed by atoms with E-state index in [0.29, 0.717) is 10.6 Å². The van der Waals surface area contributed by atoms with E-state index in [9.17, 15) is 8.42 Å². The summed E-state index contributed by atoms with van der Waals surface area (Å²) in [4.78, 5) is 7.80. The lowest BCUT2D eigenvalue weighted by molar-refractivity contribution is 0.593. The molecule has 5 nitrogen and oxygen atoms in total. The van der Waals surface area contributed by atoms with Crippen LogP contribution in [0.1, 0.15) is 17.0 Å². The largest absolute Gasteiger partial charge is 0.342 e. The Kier molecular flexibility index (Phi) is 3.64. The Bertz CT molecular complexity index is 990. The summed E-state index contributed by atoms with van der Waals surface area (Å²) in [6.45, 7) is 5.57. The zero-order valence-electron chi connectivity index (χ0n) is 13.6. The highest BCUT2D eigenvalue weighted by molar-refractivity contribution is 7.92. The van der Waals surface area contributed by atoms with Gasteiger partial charge in [-0.2, -0.15) is 0 Å². The zero-order chi connectivity index (χ0) is 16.8. The van der Waals surface area contributed by atoms with Gasteiger partial charge in [-0.1, -0.05) is 12.1 Å². The molecule has 0 fully saturated rings. The van der Waals surface area contributed by atoms with Crippen molar-refractivity contribution in [1.82, 2.24) is 9.97 Å². The van der Waals surface area contributed by atoms with Gasteiger partial charge in [0, 0.05) is 7.05 Å². The standard InChI is InChI=1S/C17H19N3O2S/c1-11-5-6-12(2)17(9-11)23(21,22)20(4)14-7-8-15-16(10-14)19-13(3)18-15/h5-10H,1-4H3,(H,18,19). The first-order valence-electron chi connectivity index (χ1n) is 7.31. The Morgan fingerprint density at radius 2 is 1.78 bits per heavy atom. The van der Waals surface area contributed by atoms with E-state index < -0.39 is 10.0 Å². The van der Waals surface area contributed by atoms with Crippen LogP contribution in [-0.2, 0) is 10.0 Å². The second-order valence-electron chi connectivity index (χ2n) is 5.77. The molecule has 0 saturated heterocycles. The van der Waals surface area contributed by atoms with Crippen molar-refractivity contribution in [1.29, 1.82) is 0 Å². The van der Waals surface area contributed by atoms with Gasteiger partial charge in [-0.05, 0) is 56.2 Å². The molecule has 0 saturated carbocycles. The molecule has 120 valence electrons. The molecule has 0 aliphatic rings. The number of hydrogen-bond acceptors (Lipinski definition) is 3. The first-order valence-corrected chi connectivity index (χ1v) is 8.75. The molecule has 3 aromatic rings. The smallest absolute Gasteiger partial charge is 0.264 e. The van der Waals surface area contributed by atoms with Crippen LogP contribution in [0.4, 0.5) is 5.69 Å². The molecule has 0 bridgehead atoms. The number of hydrogen-bond donors (Lipinski definition) is 1. The Morgan fingerprint density at radius 3 is 2.52 bits per heavy atom. The molecule has 0 atom stereocenters. The van der Waals surface area contributed by atoms with Crippen LogP contribution in [0.5, 0.6) is 0 Å². The Labute approximate surface area is 136 Å². The summed E-state index contributed by atoms with van der Waals surface area (Å²) in [6.07, 6.45) is 0. The maximum absolute atomic E-state index is 12.9. The van der Waals surface area contributed by atoms with Gasteiger partial charge >= 0.3 is 0 Å². The molecule has 0 amide bonds. The number of imidazole rings is 1. The first kappa shape index (κ1) is 15.6. The van der Waals surface area contributed by atoms with Gasteiger partial charge < -0.3 is 4.98 Å². The Balaban J connectivity index is 2.09. The van der Waals surface area contributed by atoms with Crippen LogP contribution in [0, 0.1) is 20.8 Å². The van der Waals surface area contributed by atoms with Gasteiger partial charge in [0.25, 0.3) is 10.0 Å². The fourth-order valence-electron chi connectivity index (χ4n) is 2.59. The molecular weight excluding hydrogens is 310 g/mol. The number of sulfonamides is 1. The molecule has 1 heterocycles. The van der Waals surface area contributed by atoms with Gasteiger partial charge in [-0.15, -0.1) is 0 Å². The molecule has 1 N–H and O–H groups in total. The third-order valence-corrected chi connectivity index (χ3v) is 5.86. The second-order valence-corrected chi connectivity index (χ2v) is 7.70. The average molecular weight is 329 g/mol. The summed E-state index contributed by atoms with van der Waals surface area (Å²) in [6, 6.07) is 10.8. The summed E-state index contributed by atoms with van der Waals surface area (Å²) in [5, 5.41) is 0. The Hall–Kier alpha value is -2.34. The molecule has 0 radical (unpaired) electrons. The van der Waals surface area contributed by atoms with Crippen molar-refractivity contribution in [3.63, 3.8) is 0 Å². The molecule has 1 aromatic heterocycles. The fourth-order valence-corrected chi connectivity index (χ4v) is 4.09. The van der Waals surface area contributed by atoms with E-state index in [2.05, 4.69) is 9.97 Å². The number of aromatic amines is 1. The van der Waals surface area contributed by atoms with Crippen LogP contribution >= 0.6 is 0 Å². The van der Waals surface area contributed by atoms with Crippen molar-refractivity contribution in [2.24, 2.45) is 0 Å². The summed E-state index contributed by atoms with van der Waals surface area (Å²) >= 11 is 0. The number of H-pyrrole nitrogens is 1. The van der Waals surface area contributed by atoms with E-state index in [0.717, 1.165) is 28.0 Å². The zero-order valence-corrected chi connectivity index (χ0v) is 14.4.